The van der Waals surface area contributed by atoms with Gasteiger partial charge in [-0.05, 0) is 55.9 Å². The topological polar surface area (TPSA) is 62.4 Å². The molecule has 182 valence electrons. The van der Waals surface area contributed by atoms with Gasteiger partial charge in [-0.15, -0.1) is 0 Å². The number of unbranched alkanes of at least 4 members (excludes halogenated alkanes) is 5. The van der Waals surface area contributed by atoms with E-state index in [9.17, 15) is 9.59 Å². The van der Waals surface area contributed by atoms with Crippen molar-refractivity contribution >= 4 is 16.8 Å². The Morgan fingerprint density at radius 2 is 1.82 bits per heavy atom. The summed E-state index contributed by atoms with van der Waals surface area (Å²) in [6.07, 6.45) is 13.7. The Labute approximate surface area is 198 Å². The molecule has 5 nitrogen and oxygen atoms in total. The fourth-order valence-corrected chi connectivity index (χ4v) is 5.08. The van der Waals surface area contributed by atoms with E-state index in [4.69, 9.17) is 4.74 Å². The molecule has 0 spiro atoms. The molecule has 33 heavy (non-hydrogen) atoms. The maximum absolute atomic E-state index is 13.2. The Balaban J connectivity index is 1.48. The van der Waals surface area contributed by atoms with E-state index in [1.54, 1.807) is 6.07 Å². The van der Waals surface area contributed by atoms with E-state index >= 15 is 0 Å². The monoisotopic (exact) mass is 454 g/mol. The third-order valence-electron chi connectivity index (χ3n) is 7.04. The second-order valence-electron chi connectivity index (χ2n) is 9.71. The van der Waals surface area contributed by atoms with Gasteiger partial charge in [-0.25, -0.2) is 0 Å². The summed E-state index contributed by atoms with van der Waals surface area (Å²) in [4.78, 5) is 29.7. The quantitative estimate of drug-likeness (QED) is 0.354. The molecule has 1 saturated carbocycles. The van der Waals surface area contributed by atoms with Crippen molar-refractivity contribution in [2.75, 3.05) is 13.2 Å². The van der Waals surface area contributed by atoms with E-state index in [1.165, 1.54) is 57.4 Å². The number of H-pyrrole nitrogens is 1. The van der Waals surface area contributed by atoms with Crippen molar-refractivity contribution in [3.8, 4) is 5.75 Å². The van der Waals surface area contributed by atoms with E-state index in [0.29, 0.717) is 30.9 Å². The summed E-state index contributed by atoms with van der Waals surface area (Å²) in [6.45, 7) is 5.99. The molecule has 5 heteroatoms. The number of nitrogens with one attached hydrogen (secondary N) is 1. The molecule has 1 aromatic carbocycles. The lowest BCUT2D eigenvalue weighted by atomic mass is 9.84. The van der Waals surface area contributed by atoms with Crippen LogP contribution < -0.4 is 10.3 Å². The smallest absolute Gasteiger partial charge is 0.248 e. The number of ether oxygens (including phenoxy) is 1. The predicted molar refractivity (Wildman–Crippen MR) is 136 cm³/mol. The third-order valence-corrected chi connectivity index (χ3v) is 7.04. The largest absolute Gasteiger partial charge is 0.494 e. The molecule has 0 aliphatic heterocycles. The number of amides is 1. The molecular weight excluding hydrogens is 412 g/mol. The number of carbonyl (C=O) groups excluding carboxylic acids is 1. The Hall–Kier alpha value is -2.30. The molecule has 1 fully saturated rings. The predicted octanol–water partition coefficient (Wildman–Crippen LogP) is 6.45. The minimum Gasteiger partial charge on any atom is -0.494 e. The zero-order valence-corrected chi connectivity index (χ0v) is 20.6. The van der Waals surface area contributed by atoms with Gasteiger partial charge in [-0.1, -0.05) is 58.8 Å². The van der Waals surface area contributed by atoms with Gasteiger partial charge in [0.15, 0.2) is 0 Å². The summed E-state index contributed by atoms with van der Waals surface area (Å²) in [7, 11) is 0. The first-order valence-corrected chi connectivity index (χ1v) is 13.1. The SMILES string of the molecule is CCCCCCCCN(C(=O)CCCOc1ccc2[nH]c(=O)ccc2c1)C1CCCCC1C. The highest BCUT2D eigenvalue weighted by Gasteiger charge is 2.29. The summed E-state index contributed by atoms with van der Waals surface area (Å²) < 4.78 is 5.91. The summed E-state index contributed by atoms with van der Waals surface area (Å²) >= 11 is 0. The number of nitrogens with zero attached hydrogens (tertiary/aromatic N) is 1. The number of carbonyl (C=O) groups is 1. The molecule has 0 saturated heterocycles. The number of aromatic nitrogens is 1. The number of aromatic amines is 1. The highest BCUT2D eigenvalue weighted by Crippen LogP contribution is 2.29. The highest BCUT2D eigenvalue weighted by molar-refractivity contribution is 5.79. The van der Waals surface area contributed by atoms with E-state index in [-0.39, 0.29) is 5.56 Å². The van der Waals surface area contributed by atoms with Crippen molar-refractivity contribution in [1.82, 2.24) is 9.88 Å². The number of hydrogen-bond acceptors (Lipinski definition) is 3. The first kappa shape index (κ1) is 25.3. The minimum atomic E-state index is -0.104. The third kappa shape index (κ3) is 7.90. The molecule has 1 aliphatic carbocycles. The van der Waals surface area contributed by atoms with E-state index in [1.807, 2.05) is 18.2 Å². The first-order chi connectivity index (χ1) is 16.1. The molecule has 3 rings (SSSR count). The normalized spacial score (nSPS) is 18.4. The fourth-order valence-electron chi connectivity index (χ4n) is 5.08. The van der Waals surface area contributed by atoms with Crippen LogP contribution in [0.1, 0.15) is 90.9 Å². The van der Waals surface area contributed by atoms with Crippen LogP contribution in [-0.4, -0.2) is 35.0 Å². The molecule has 1 heterocycles. The molecule has 2 aromatic rings. The average molecular weight is 455 g/mol. The molecule has 2 atom stereocenters. The van der Waals surface area contributed by atoms with Gasteiger partial charge in [0.25, 0.3) is 0 Å². The van der Waals surface area contributed by atoms with Gasteiger partial charge in [-0.3, -0.25) is 9.59 Å². The molecule has 1 N–H and O–H groups in total. The van der Waals surface area contributed by atoms with Crippen LogP contribution >= 0.6 is 0 Å². The Morgan fingerprint density at radius 3 is 2.64 bits per heavy atom. The maximum atomic E-state index is 13.2. The summed E-state index contributed by atoms with van der Waals surface area (Å²) in [5.74, 6) is 1.66. The Morgan fingerprint density at radius 1 is 1.03 bits per heavy atom. The summed E-state index contributed by atoms with van der Waals surface area (Å²) in [6, 6.07) is 9.40. The Bertz CT molecular complexity index is 923. The minimum absolute atomic E-state index is 0.104. The zero-order valence-electron chi connectivity index (χ0n) is 20.6. The van der Waals surface area contributed by atoms with Crippen LogP contribution in [0.3, 0.4) is 0 Å². The molecule has 0 radical (unpaired) electrons. The van der Waals surface area contributed by atoms with Crippen molar-refractivity contribution < 1.29 is 9.53 Å². The van der Waals surface area contributed by atoms with Crippen LogP contribution in [0.2, 0.25) is 0 Å². The maximum Gasteiger partial charge on any atom is 0.248 e. The average Bonchev–Trinajstić information content (AvgIpc) is 2.82. The van der Waals surface area contributed by atoms with Gasteiger partial charge in [0.05, 0.1) is 6.61 Å². The molecule has 2 unspecified atom stereocenters. The van der Waals surface area contributed by atoms with Gasteiger partial charge in [-0.2, -0.15) is 0 Å². The first-order valence-electron chi connectivity index (χ1n) is 13.1. The van der Waals surface area contributed by atoms with Crippen molar-refractivity contribution in [2.24, 2.45) is 5.92 Å². The van der Waals surface area contributed by atoms with Gasteiger partial charge < -0.3 is 14.6 Å². The Kier molecular flexibility index (Phi) is 10.3. The zero-order chi connectivity index (χ0) is 23.5. The van der Waals surface area contributed by atoms with Crippen LogP contribution in [-0.2, 0) is 4.79 Å². The van der Waals surface area contributed by atoms with Gasteiger partial charge >= 0.3 is 0 Å². The van der Waals surface area contributed by atoms with Crippen LogP contribution in [0.15, 0.2) is 35.1 Å². The van der Waals surface area contributed by atoms with Crippen LogP contribution in [0, 0.1) is 5.92 Å². The van der Waals surface area contributed by atoms with Crippen LogP contribution in [0.4, 0.5) is 0 Å². The van der Waals surface area contributed by atoms with Gasteiger partial charge in [0, 0.05) is 36.0 Å². The number of pyridine rings is 1. The molecular formula is C28H42N2O3. The van der Waals surface area contributed by atoms with Crippen molar-refractivity contribution in [3.05, 3.63) is 40.7 Å². The lowest BCUT2D eigenvalue weighted by Gasteiger charge is -2.39. The van der Waals surface area contributed by atoms with E-state index < -0.39 is 0 Å². The lowest BCUT2D eigenvalue weighted by molar-refractivity contribution is -0.135. The van der Waals surface area contributed by atoms with E-state index in [2.05, 4.69) is 23.7 Å². The molecule has 1 amide bonds. The van der Waals surface area contributed by atoms with Crippen LogP contribution in [0.5, 0.6) is 5.75 Å². The molecule has 1 aliphatic rings. The van der Waals surface area contributed by atoms with Crippen molar-refractivity contribution in [1.29, 1.82) is 0 Å². The number of benzene rings is 1. The summed E-state index contributed by atoms with van der Waals surface area (Å²) in [5, 5.41) is 0.944. The fraction of sp³-hybridized carbons (Fsp3) is 0.643. The molecule has 0 bridgehead atoms. The molecule has 1 aromatic heterocycles. The van der Waals surface area contributed by atoms with E-state index in [0.717, 1.165) is 42.5 Å². The van der Waals surface area contributed by atoms with Crippen molar-refractivity contribution in [2.45, 2.75) is 96.9 Å². The lowest BCUT2D eigenvalue weighted by Crippen LogP contribution is -2.45. The second kappa shape index (κ2) is 13.4. The number of fused-ring (bicyclic) bond motifs is 1. The van der Waals surface area contributed by atoms with Crippen LogP contribution in [0.25, 0.3) is 10.9 Å². The van der Waals surface area contributed by atoms with Gasteiger partial charge in [0.2, 0.25) is 11.5 Å². The number of rotatable bonds is 13. The standard InChI is InChI=1S/C28H42N2O3/c1-3-4-5-6-7-10-19-30(26-13-9-8-12-22(26)2)28(32)14-11-20-33-24-16-17-25-23(21-24)15-18-27(31)29-25/h15-18,21-22,26H,3-14,19-20H2,1-2H3,(H,29,31). The highest BCUT2D eigenvalue weighted by atomic mass is 16.5. The second-order valence-corrected chi connectivity index (χ2v) is 9.71. The number of hydrogen-bond donors (Lipinski definition) is 1. The van der Waals surface area contributed by atoms with Crippen molar-refractivity contribution in [3.63, 3.8) is 0 Å². The summed E-state index contributed by atoms with van der Waals surface area (Å²) in [5.41, 5.74) is 0.699. The van der Waals surface area contributed by atoms with Gasteiger partial charge in [0.1, 0.15) is 5.75 Å².